The van der Waals surface area contributed by atoms with Gasteiger partial charge in [-0.3, -0.25) is 4.21 Å². The molecule has 0 saturated carbocycles. The van der Waals surface area contributed by atoms with Crippen molar-refractivity contribution in [1.29, 1.82) is 0 Å². The van der Waals surface area contributed by atoms with Gasteiger partial charge in [0.25, 0.3) is 0 Å². The number of hydrogen-bond donors (Lipinski definition) is 2. The van der Waals surface area contributed by atoms with E-state index in [1.165, 1.54) is 0 Å². The number of aliphatic hydroxyl groups is 1. The van der Waals surface area contributed by atoms with Crippen molar-refractivity contribution in [3.8, 4) is 0 Å². The van der Waals surface area contributed by atoms with E-state index >= 15 is 0 Å². The Morgan fingerprint density at radius 2 is 1.94 bits per heavy atom. The third-order valence-corrected chi connectivity index (χ3v) is 4.98. The standard InChI is InChI=1S/C12H27NO2S/c1-5-7-13-12(6-8-14)9-16(15)11(4)10(2)3/h10-14H,5-9H2,1-4H3. The number of hydrogen-bond acceptors (Lipinski definition) is 3. The Labute approximate surface area is 102 Å². The molecule has 3 nitrogen and oxygen atoms in total. The molecule has 0 heterocycles. The molecule has 0 aromatic heterocycles. The minimum absolute atomic E-state index is 0.161. The van der Waals surface area contributed by atoms with Gasteiger partial charge < -0.3 is 10.4 Å². The van der Waals surface area contributed by atoms with Crippen LogP contribution in [0.3, 0.4) is 0 Å². The maximum atomic E-state index is 12.0. The van der Waals surface area contributed by atoms with E-state index in [0.717, 1.165) is 13.0 Å². The lowest BCUT2D eigenvalue weighted by Crippen LogP contribution is -2.38. The third kappa shape index (κ3) is 6.61. The predicted octanol–water partition coefficient (Wildman–Crippen LogP) is 1.53. The van der Waals surface area contributed by atoms with E-state index in [4.69, 9.17) is 5.11 Å². The van der Waals surface area contributed by atoms with Gasteiger partial charge in [-0.05, 0) is 25.3 Å². The highest BCUT2D eigenvalue weighted by Crippen LogP contribution is 2.10. The van der Waals surface area contributed by atoms with Gasteiger partial charge in [0, 0.05) is 34.5 Å². The Bertz CT molecular complexity index is 197. The summed E-state index contributed by atoms with van der Waals surface area (Å²) < 4.78 is 12.0. The molecule has 0 aromatic rings. The number of rotatable bonds is 9. The van der Waals surface area contributed by atoms with E-state index in [0.29, 0.717) is 18.1 Å². The summed E-state index contributed by atoms with van der Waals surface area (Å²) in [6, 6.07) is 0.187. The molecule has 3 unspecified atom stereocenters. The van der Waals surface area contributed by atoms with Gasteiger partial charge in [0.15, 0.2) is 0 Å². The molecule has 16 heavy (non-hydrogen) atoms. The summed E-state index contributed by atoms with van der Waals surface area (Å²) >= 11 is 0. The van der Waals surface area contributed by atoms with E-state index in [1.807, 2.05) is 6.92 Å². The van der Waals surface area contributed by atoms with Crippen LogP contribution in [0.5, 0.6) is 0 Å². The predicted molar refractivity (Wildman–Crippen MR) is 71.1 cm³/mol. The fraction of sp³-hybridized carbons (Fsp3) is 1.00. The van der Waals surface area contributed by atoms with Crippen molar-refractivity contribution in [2.45, 2.75) is 51.8 Å². The van der Waals surface area contributed by atoms with Crippen molar-refractivity contribution in [3.05, 3.63) is 0 Å². The summed E-state index contributed by atoms with van der Waals surface area (Å²) in [6.45, 7) is 9.44. The van der Waals surface area contributed by atoms with Crippen molar-refractivity contribution in [2.24, 2.45) is 5.92 Å². The van der Waals surface area contributed by atoms with Crippen molar-refractivity contribution >= 4 is 10.8 Å². The Morgan fingerprint density at radius 1 is 1.31 bits per heavy atom. The van der Waals surface area contributed by atoms with Gasteiger partial charge in [0.2, 0.25) is 0 Å². The average molecular weight is 249 g/mol. The van der Waals surface area contributed by atoms with Crippen molar-refractivity contribution in [3.63, 3.8) is 0 Å². The lowest BCUT2D eigenvalue weighted by Gasteiger charge is -2.21. The van der Waals surface area contributed by atoms with Gasteiger partial charge in [0.05, 0.1) is 0 Å². The van der Waals surface area contributed by atoms with Crippen molar-refractivity contribution < 1.29 is 9.32 Å². The van der Waals surface area contributed by atoms with Crippen LogP contribution in [-0.2, 0) is 10.8 Å². The fourth-order valence-corrected chi connectivity index (χ4v) is 2.99. The second kappa shape index (κ2) is 9.14. The minimum Gasteiger partial charge on any atom is -0.396 e. The minimum atomic E-state index is -0.804. The first-order valence-corrected chi connectivity index (χ1v) is 7.62. The molecule has 0 saturated heterocycles. The maximum absolute atomic E-state index is 12.0. The van der Waals surface area contributed by atoms with Gasteiger partial charge in [-0.25, -0.2) is 0 Å². The summed E-state index contributed by atoms with van der Waals surface area (Å²) in [5, 5.41) is 12.5. The van der Waals surface area contributed by atoms with Crippen LogP contribution in [0.25, 0.3) is 0 Å². The topological polar surface area (TPSA) is 49.3 Å². The van der Waals surface area contributed by atoms with Crippen LogP contribution in [0, 0.1) is 5.92 Å². The van der Waals surface area contributed by atoms with E-state index in [2.05, 4.69) is 26.1 Å². The van der Waals surface area contributed by atoms with Crippen molar-refractivity contribution in [2.75, 3.05) is 18.9 Å². The zero-order valence-electron chi connectivity index (χ0n) is 11.0. The lowest BCUT2D eigenvalue weighted by molar-refractivity contribution is 0.270. The summed E-state index contributed by atoms with van der Waals surface area (Å²) in [4.78, 5) is 0. The van der Waals surface area contributed by atoms with Crippen LogP contribution in [0.2, 0.25) is 0 Å². The van der Waals surface area contributed by atoms with Crippen LogP contribution in [0.4, 0.5) is 0 Å². The molecule has 0 aliphatic carbocycles. The normalized spacial score (nSPS) is 17.4. The molecule has 2 N–H and O–H groups in total. The Kier molecular flexibility index (Phi) is 9.18. The summed E-state index contributed by atoms with van der Waals surface area (Å²) in [5.41, 5.74) is 0. The second-order valence-corrected chi connectivity index (χ2v) is 6.50. The summed E-state index contributed by atoms with van der Waals surface area (Å²) in [6.07, 6.45) is 1.75. The van der Waals surface area contributed by atoms with Crippen LogP contribution in [0.1, 0.15) is 40.5 Å². The molecule has 0 aromatic carbocycles. The second-order valence-electron chi connectivity index (χ2n) is 4.66. The Balaban J connectivity index is 4.11. The average Bonchev–Trinajstić information content (AvgIpc) is 2.24. The van der Waals surface area contributed by atoms with E-state index < -0.39 is 10.8 Å². The van der Waals surface area contributed by atoms with Crippen LogP contribution >= 0.6 is 0 Å². The first kappa shape index (κ1) is 16.1. The zero-order chi connectivity index (χ0) is 12.6. The highest BCUT2D eigenvalue weighted by atomic mass is 32.2. The Hall–Kier alpha value is 0.0700. The van der Waals surface area contributed by atoms with Crippen LogP contribution in [0.15, 0.2) is 0 Å². The smallest absolute Gasteiger partial charge is 0.0446 e. The quantitative estimate of drug-likeness (QED) is 0.651. The van der Waals surface area contributed by atoms with E-state index in [9.17, 15) is 4.21 Å². The van der Waals surface area contributed by atoms with E-state index in [-0.39, 0.29) is 17.9 Å². The molecule has 0 amide bonds. The summed E-state index contributed by atoms with van der Waals surface area (Å²) in [7, 11) is -0.804. The monoisotopic (exact) mass is 249 g/mol. The van der Waals surface area contributed by atoms with Gasteiger partial charge in [-0.2, -0.15) is 0 Å². The van der Waals surface area contributed by atoms with Gasteiger partial charge in [-0.15, -0.1) is 0 Å². The lowest BCUT2D eigenvalue weighted by atomic mass is 10.2. The first-order chi connectivity index (χ1) is 7.52. The SMILES string of the molecule is CCCNC(CCO)CS(=O)C(C)C(C)C. The molecular weight excluding hydrogens is 222 g/mol. The van der Waals surface area contributed by atoms with Crippen LogP contribution < -0.4 is 5.32 Å². The highest BCUT2D eigenvalue weighted by molar-refractivity contribution is 7.85. The van der Waals surface area contributed by atoms with Gasteiger partial charge in [0.1, 0.15) is 0 Å². The summed E-state index contributed by atoms with van der Waals surface area (Å²) in [5.74, 6) is 1.10. The fourth-order valence-electron chi connectivity index (χ4n) is 1.40. The Morgan fingerprint density at radius 3 is 2.38 bits per heavy atom. The van der Waals surface area contributed by atoms with Gasteiger partial charge >= 0.3 is 0 Å². The molecule has 0 fully saturated rings. The molecular formula is C12H27NO2S. The molecule has 0 bridgehead atoms. The highest BCUT2D eigenvalue weighted by Gasteiger charge is 2.19. The third-order valence-electron chi connectivity index (χ3n) is 2.88. The van der Waals surface area contributed by atoms with Crippen LogP contribution in [-0.4, -0.2) is 39.5 Å². The molecule has 3 atom stereocenters. The maximum Gasteiger partial charge on any atom is 0.0446 e. The zero-order valence-corrected chi connectivity index (χ0v) is 11.8. The largest absolute Gasteiger partial charge is 0.396 e. The molecule has 0 aliphatic rings. The van der Waals surface area contributed by atoms with Crippen molar-refractivity contribution in [1.82, 2.24) is 5.32 Å². The molecule has 0 aliphatic heterocycles. The molecule has 0 spiro atoms. The van der Waals surface area contributed by atoms with Gasteiger partial charge in [-0.1, -0.05) is 27.7 Å². The molecule has 4 heteroatoms. The first-order valence-electron chi connectivity index (χ1n) is 6.24. The number of nitrogens with one attached hydrogen (secondary N) is 1. The number of aliphatic hydroxyl groups excluding tert-OH is 1. The molecule has 0 rings (SSSR count). The molecule has 98 valence electrons. The van der Waals surface area contributed by atoms with E-state index in [1.54, 1.807) is 0 Å². The molecule has 0 radical (unpaired) electrons.